The lowest BCUT2D eigenvalue weighted by Crippen LogP contribution is -2.27. The quantitative estimate of drug-likeness (QED) is 0.157. The second-order valence-corrected chi connectivity index (χ2v) is 10.7. The van der Waals surface area contributed by atoms with Crippen LogP contribution in [0.3, 0.4) is 0 Å². The largest absolute Gasteiger partial charge is 0.508 e. The highest BCUT2D eigenvalue weighted by atomic mass is 31.2. The maximum Gasteiger partial charge on any atom is 0.260 e. The Hall–Kier alpha value is -3.03. The highest BCUT2D eigenvalue weighted by Crippen LogP contribution is 2.59. The molecule has 0 fully saturated rings. The molecule has 0 saturated carbocycles. The van der Waals surface area contributed by atoms with E-state index < -0.39 is 13.2 Å². The molecule has 194 valence electrons. The Kier molecular flexibility index (Phi) is 10.6. The fraction of sp³-hybridized carbons (Fsp3) is 0.333. The highest BCUT2D eigenvalue weighted by molar-refractivity contribution is 7.59. The number of phenolic OH excluding ortho intramolecular Hbond substituents is 1. The predicted octanol–water partition coefficient (Wildman–Crippen LogP) is 5.39. The molecule has 0 aliphatic carbocycles. The van der Waals surface area contributed by atoms with Crippen LogP contribution in [0.25, 0.3) is 0 Å². The van der Waals surface area contributed by atoms with Gasteiger partial charge in [0.25, 0.3) is 7.37 Å². The normalized spacial score (nSPS) is 13.6. The van der Waals surface area contributed by atoms with Crippen LogP contribution in [0.5, 0.6) is 23.0 Å². The summed E-state index contributed by atoms with van der Waals surface area (Å²) >= 11 is 0. The van der Waals surface area contributed by atoms with Crippen LogP contribution >= 0.6 is 7.37 Å². The summed E-state index contributed by atoms with van der Waals surface area (Å²) in [4.78, 5) is 0. The minimum Gasteiger partial charge on any atom is -0.508 e. The number of para-hydroxylation sites is 2. The van der Waals surface area contributed by atoms with Gasteiger partial charge in [0.1, 0.15) is 28.8 Å². The third-order valence-corrected chi connectivity index (χ3v) is 7.80. The number of benzene rings is 3. The summed E-state index contributed by atoms with van der Waals surface area (Å²) in [6.45, 7) is 2.71. The van der Waals surface area contributed by atoms with E-state index in [9.17, 15) is 19.9 Å². The van der Waals surface area contributed by atoms with Crippen molar-refractivity contribution in [1.29, 1.82) is 0 Å². The first kappa shape index (κ1) is 27.6. The minimum atomic E-state index is -3.47. The molecule has 9 heteroatoms. The van der Waals surface area contributed by atoms with Crippen molar-refractivity contribution in [1.82, 2.24) is 5.32 Å². The third kappa shape index (κ3) is 7.73. The molecular weight excluding hydrogens is 481 g/mol. The molecular formula is C27H34NO7P. The minimum absolute atomic E-state index is 0.0116. The van der Waals surface area contributed by atoms with E-state index in [0.29, 0.717) is 55.2 Å². The van der Waals surface area contributed by atoms with Gasteiger partial charge in [0.2, 0.25) is 0 Å². The van der Waals surface area contributed by atoms with E-state index >= 15 is 0 Å². The Bertz CT molecular complexity index is 1130. The van der Waals surface area contributed by atoms with Crippen LogP contribution in [0.15, 0.2) is 72.8 Å². The average molecular weight is 516 g/mol. The molecule has 36 heavy (non-hydrogen) atoms. The van der Waals surface area contributed by atoms with Crippen LogP contribution in [-0.2, 0) is 15.7 Å². The first-order chi connectivity index (χ1) is 17.5. The molecule has 4 N–H and O–H groups in total. The third-order valence-electron chi connectivity index (χ3n) is 5.44. The van der Waals surface area contributed by atoms with Crippen molar-refractivity contribution < 1.29 is 33.9 Å². The smallest absolute Gasteiger partial charge is 0.260 e. The van der Waals surface area contributed by atoms with E-state index in [1.54, 1.807) is 48.5 Å². The SMILES string of the molecule is CCCOP(=O)(COc1ccccc1)C(NCCCOc1ccc(O)c(CO)c1)c1ccccc1O. The molecule has 8 nitrogen and oxygen atoms in total. The van der Waals surface area contributed by atoms with Crippen LogP contribution in [0.1, 0.15) is 36.7 Å². The van der Waals surface area contributed by atoms with Gasteiger partial charge < -0.3 is 34.6 Å². The van der Waals surface area contributed by atoms with Crippen LogP contribution in [0, 0.1) is 0 Å². The summed E-state index contributed by atoms with van der Waals surface area (Å²) in [5.74, 6) is 0.355. The van der Waals surface area contributed by atoms with Crippen molar-refractivity contribution in [3.05, 3.63) is 83.9 Å². The van der Waals surface area contributed by atoms with Gasteiger partial charge in [-0.3, -0.25) is 4.57 Å². The topological polar surface area (TPSA) is 117 Å². The molecule has 0 amide bonds. The second kappa shape index (κ2) is 13.9. The molecule has 0 spiro atoms. The van der Waals surface area contributed by atoms with Gasteiger partial charge in [0.15, 0.2) is 6.35 Å². The van der Waals surface area contributed by atoms with Crippen molar-refractivity contribution >= 4 is 7.37 Å². The number of aliphatic hydroxyl groups excluding tert-OH is 1. The molecule has 3 aromatic carbocycles. The van der Waals surface area contributed by atoms with Gasteiger partial charge in [0.05, 0.1) is 19.8 Å². The number of ether oxygens (including phenoxy) is 2. The van der Waals surface area contributed by atoms with Gasteiger partial charge in [-0.15, -0.1) is 0 Å². The van der Waals surface area contributed by atoms with E-state index in [4.69, 9.17) is 14.0 Å². The highest BCUT2D eigenvalue weighted by Gasteiger charge is 2.37. The van der Waals surface area contributed by atoms with E-state index in [0.717, 1.165) is 0 Å². The molecule has 0 radical (unpaired) electrons. The number of hydrogen-bond acceptors (Lipinski definition) is 8. The number of aromatic hydroxyl groups is 2. The zero-order chi connectivity index (χ0) is 25.8. The van der Waals surface area contributed by atoms with E-state index in [2.05, 4.69) is 5.32 Å². The van der Waals surface area contributed by atoms with Crippen molar-refractivity contribution in [2.24, 2.45) is 0 Å². The number of phenols is 2. The fourth-order valence-corrected chi connectivity index (χ4v) is 5.82. The van der Waals surface area contributed by atoms with Crippen LogP contribution < -0.4 is 14.8 Å². The predicted molar refractivity (Wildman–Crippen MR) is 139 cm³/mol. The van der Waals surface area contributed by atoms with E-state index in [1.165, 1.54) is 6.07 Å². The van der Waals surface area contributed by atoms with Crippen molar-refractivity contribution in [3.63, 3.8) is 0 Å². The summed E-state index contributed by atoms with van der Waals surface area (Å²) in [6, 6.07) is 20.6. The van der Waals surface area contributed by atoms with E-state index in [-0.39, 0.29) is 24.5 Å². The van der Waals surface area contributed by atoms with Crippen molar-refractivity contribution in [2.45, 2.75) is 32.2 Å². The molecule has 0 bridgehead atoms. The zero-order valence-corrected chi connectivity index (χ0v) is 21.3. The molecule has 2 unspecified atom stereocenters. The first-order valence-corrected chi connectivity index (χ1v) is 13.8. The molecule has 2 atom stereocenters. The summed E-state index contributed by atoms with van der Waals surface area (Å²) in [5, 5.41) is 32.8. The summed E-state index contributed by atoms with van der Waals surface area (Å²) in [5.41, 5.74) is 0.860. The number of aliphatic hydroxyl groups is 1. The van der Waals surface area contributed by atoms with Gasteiger partial charge in [-0.2, -0.15) is 0 Å². The van der Waals surface area contributed by atoms with Gasteiger partial charge in [-0.25, -0.2) is 0 Å². The number of nitrogens with one attached hydrogen (secondary N) is 1. The molecule has 0 aliphatic rings. The molecule has 3 aromatic rings. The summed E-state index contributed by atoms with van der Waals surface area (Å²) in [6.07, 6.45) is 1.09. The summed E-state index contributed by atoms with van der Waals surface area (Å²) in [7, 11) is -3.47. The maximum absolute atomic E-state index is 14.2. The molecule has 0 heterocycles. The second-order valence-electron chi connectivity index (χ2n) is 8.21. The Morgan fingerprint density at radius 2 is 1.64 bits per heavy atom. The monoisotopic (exact) mass is 515 g/mol. The van der Waals surface area contributed by atoms with Crippen molar-refractivity contribution in [3.8, 4) is 23.0 Å². The standard InChI is InChI=1S/C27H34NO7P/c1-2-16-35-36(32,20-34-22-9-4-3-5-10-22)27(24-11-6-7-12-26(24)31)28-15-8-17-33-23-13-14-25(30)21(18-23)19-29/h3-7,9-14,18,27-31H,2,8,15-17,19-20H2,1H3. The van der Waals surface area contributed by atoms with Crippen molar-refractivity contribution in [2.75, 3.05) is 26.1 Å². The fourth-order valence-electron chi connectivity index (χ4n) is 3.57. The van der Waals surface area contributed by atoms with E-state index in [1.807, 2.05) is 25.1 Å². The molecule has 3 rings (SSSR count). The Morgan fingerprint density at radius 1 is 0.889 bits per heavy atom. The average Bonchev–Trinajstić information content (AvgIpc) is 2.90. The van der Waals surface area contributed by atoms with Crippen LogP contribution in [0.2, 0.25) is 0 Å². The zero-order valence-electron chi connectivity index (χ0n) is 20.4. The van der Waals surface area contributed by atoms with Gasteiger partial charge in [-0.1, -0.05) is 43.3 Å². The van der Waals surface area contributed by atoms with Crippen LogP contribution in [0.4, 0.5) is 0 Å². The van der Waals surface area contributed by atoms with Gasteiger partial charge in [-0.05, 0) is 55.8 Å². The Balaban J connectivity index is 1.71. The van der Waals surface area contributed by atoms with Gasteiger partial charge >= 0.3 is 0 Å². The lowest BCUT2D eigenvalue weighted by molar-refractivity contribution is 0.266. The molecule has 0 aromatic heterocycles. The lowest BCUT2D eigenvalue weighted by Gasteiger charge is -2.29. The summed E-state index contributed by atoms with van der Waals surface area (Å²) < 4.78 is 31.7. The Labute approximate surface area is 211 Å². The number of rotatable bonds is 15. The Morgan fingerprint density at radius 3 is 2.36 bits per heavy atom. The lowest BCUT2D eigenvalue weighted by atomic mass is 10.2. The number of hydrogen-bond donors (Lipinski definition) is 4. The molecule has 0 saturated heterocycles. The maximum atomic E-state index is 14.2. The van der Waals surface area contributed by atoms with Gasteiger partial charge in [0, 0.05) is 11.1 Å². The van der Waals surface area contributed by atoms with Crippen LogP contribution in [-0.4, -0.2) is 41.4 Å². The molecule has 0 aliphatic heterocycles. The first-order valence-electron chi connectivity index (χ1n) is 11.9.